The van der Waals surface area contributed by atoms with Gasteiger partial charge in [0, 0.05) is 18.3 Å². The zero-order valence-electron chi connectivity index (χ0n) is 8.61. The Morgan fingerprint density at radius 1 is 1.18 bits per heavy atom. The number of aromatic nitrogens is 2. The standard InChI is InChI=1S/C12H7F2N3/c13-7-5-8(14)11-9(6-7)16-10-3-1-2-4-17(10)12(11)15/h1-6,15H. The van der Waals surface area contributed by atoms with Crippen LogP contribution in [0.2, 0.25) is 0 Å². The highest BCUT2D eigenvalue weighted by Gasteiger charge is 2.09. The highest BCUT2D eigenvalue weighted by atomic mass is 19.1. The largest absolute Gasteiger partial charge is 0.286 e. The molecular formula is C12H7F2N3. The lowest BCUT2D eigenvalue weighted by Crippen LogP contribution is -2.16. The van der Waals surface area contributed by atoms with Crippen molar-refractivity contribution in [1.82, 2.24) is 9.38 Å². The zero-order valence-corrected chi connectivity index (χ0v) is 8.61. The van der Waals surface area contributed by atoms with Gasteiger partial charge in [-0.25, -0.2) is 13.8 Å². The summed E-state index contributed by atoms with van der Waals surface area (Å²) in [5.41, 5.74) is 0.594. The van der Waals surface area contributed by atoms with Crippen LogP contribution in [0.15, 0.2) is 36.5 Å². The maximum atomic E-state index is 13.6. The van der Waals surface area contributed by atoms with Crippen LogP contribution >= 0.6 is 0 Å². The number of benzene rings is 1. The maximum absolute atomic E-state index is 13.6. The molecule has 0 bridgehead atoms. The van der Waals surface area contributed by atoms with E-state index in [-0.39, 0.29) is 16.4 Å². The number of nitrogens with one attached hydrogen (secondary N) is 1. The van der Waals surface area contributed by atoms with Crippen molar-refractivity contribution in [1.29, 1.82) is 5.41 Å². The van der Waals surface area contributed by atoms with Crippen molar-refractivity contribution >= 4 is 16.6 Å². The Bertz CT molecular complexity index is 793. The van der Waals surface area contributed by atoms with E-state index in [2.05, 4.69) is 4.98 Å². The van der Waals surface area contributed by atoms with E-state index in [0.717, 1.165) is 12.1 Å². The Labute approximate surface area is 94.5 Å². The van der Waals surface area contributed by atoms with Crippen molar-refractivity contribution in [3.63, 3.8) is 0 Å². The minimum Gasteiger partial charge on any atom is -0.286 e. The molecule has 0 saturated heterocycles. The highest BCUT2D eigenvalue weighted by molar-refractivity contribution is 5.79. The summed E-state index contributed by atoms with van der Waals surface area (Å²) in [6.07, 6.45) is 1.62. The molecule has 3 nitrogen and oxygen atoms in total. The van der Waals surface area contributed by atoms with Crippen LogP contribution in [0.5, 0.6) is 0 Å². The van der Waals surface area contributed by atoms with Gasteiger partial charge in [0.25, 0.3) is 0 Å². The van der Waals surface area contributed by atoms with Crippen molar-refractivity contribution in [2.45, 2.75) is 0 Å². The first-order chi connectivity index (χ1) is 8.16. The summed E-state index contributed by atoms with van der Waals surface area (Å²) in [6.45, 7) is 0. The van der Waals surface area contributed by atoms with E-state index in [1.54, 1.807) is 24.4 Å². The molecule has 84 valence electrons. The summed E-state index contributed by atoms with van der Waals surface area (Å²) in [6, 6.07) is 7.05. The average molecular weight is 231 g/mol. The summed E-state index contributed by atoms with van der Waals surface area (Å²) in [5.74, 6) is -1.46. The zero-order chi connectivity index (χ0) is 12.0. The lowest BCUT2D eigenvalue weighted by molar-refractivity contribution is 0.590. The predicted molar refractivity (Wildman–Crippen MR) is 58.5 cm³/mol. The van der Waals surface area contributed by atoms with Gasteiger partial charge in [0.2, 0.25) is 0 Å². The van der Waals surface area contributed by atoms with Crippen LogP contribution in [0.3, 0.4) is 0 Å². The molecular weight excluding hydrogens is 224 g/mol. The minimum atomic E-state index is -0.768. The highest BCUT2D eigenvalue weighted by Crippen LogP contribution is 2.15. The molecule has 0 radical (unpaired) electrons. The Hall–Kier alpha value is -2.30. The molecule has 0 spiro atoms. The maximum Gasteiger partial charge on any atom is 0.143 e. The summed E-state index contributed by atoms with van der Waals surface area (Å²) in [5, 5.41) is 7.93. The fraction of sp³-hybridized carbons (Fsp3) is 0. The quantitative estimate of drug-likeness (QED) is 0.592. The normalized spacial score (nSPS) is 11.2. The molecule has 0 aliphatic carbocycles. The van der Waals surface area contributed by atoms with Gasteiger partial charge in [-0.3, -0.25) is 9.81 Å². The van der Waals surface area contributed by atoms with E-state index in [0.29, 0.717) is 5.65 Å². The van der Waals surface area contributed by atoms with Gasteiger partial charge in [0.15, 0.2) is 0 Å². The summed E-state index contributed by atoms with van der Waals surface area (Å²) in [4.78, 5) is 4.12. The van der Waals surface area contributed by atoms with Crippen LogP contribution in [0, 0.1) is 17.0 Å². The fourth-order valence-corrected chi connectivity index (χ4v) is 1.84. The van der Waals surface area contributed by atoms with Gasteiger partial charge in [-0.05, 0) is 12.1 Å². The van der Waals surface area contributed by atoms with E-state index >= 15 is 0 Å². The third kappa shape index (κ3) is 1.39. The lowest BCUT2D eigenvalue weighted by Gasteiger charge is -2.05. The van der Waals surface area contributed by atoms with E-state index in [9.17, 15) is 8.78 Å². The Balaban J connectivity index is 2.64. The van der Waals surface area contributed by atoms with Gasteiger partial charge < -0.3 is 0 Å². The molecule has 0 fully saturated rings. The fourth-order valence-electron chi connectivity index (χ4n) is 1.84. The molecule has 3 aromatic rings. The summed E-state index contributed by atoms with van der Waals surface area (Å²) < 4.78 is 28.2. The first-order valence-electron chi connectivity index (χ1n) is 4.97. The topological polar surface area (TPSA) is 41.2 Å². The predicted octanol–water partition coefficient (Wildman–Crippen LogP) is 2.25. The number of hydrogen-bond acceptors (Lipinski definition) is 2. The van der Waals surface area contributed by atoms with E-state index in [1.807, 2.05) is 0 Å². The molecule has 0 aliphatic heterocycles. The number of fused-ring (bicyclic) bond motifs is 2. The summed E-state index contributed by atoms with van der Waals surface area (Å²) in [7, 11) is 0. The van der Waals surface area contributed by atoms with Gasteiger partial charge in [-0.2, -0.15) is 0 Å². The van der Waals surface area contributed by atoms with Crippen molar-refractivity contribution in [3.8, 4) is 0 Å². The van der Waals surface area contributed by atoms with Crippen LogP contribution < -0.4 is 5.49 Å². The van der Waals surface area contributed by atoms with Gasteiger partial charge in [0.1, 0.15) is 22.8 Å². The molecule has 2 heterocycles. The second-order valence-electron chi connectivity index (χ2n) is 3.67. The molecule has 0 amide bonds. The molecule has 0 aliphatic rings. The van der Waals surface area contributed by atoms with Crippen LogP contribution in [0.4, 0.5) is 8.78 Å². The van der Waals surface area contributed by atoms with Gasteiger partial charge in [-0.1, -0.05) is 6.07 Å². The third-order valence-electron chi connectivity index (χ3n) is 2.59. The average Bonchev–Trinajstić information content (AvgIpc) is 2.28. The van der Waals surface area contributed by atoms with Crippen LogP contribution in [-0.4, -0.2) is 9.38 Å². The number of pyridine rings is 1. The molecule has 1 N–H and O–H groups in total. The number of hydrogen-bond donors (Lipinski definition) is 1. The molecule has 0 atom stereocenters. The van der Waals surface area contributed by atoms with Gasteiger partial charge in [-0.15, -0.1) is 0 Å². The van der Waals surface area contributed by atoms with E-state index in [1.165, 1.54) is 4.40 Å². The first kappa shape index (κ1) is 9.89. The minimum absolute atomic E-state index is 0.0232. The lowest BCUT2D eigenvalue weighted by atomic mass is 10.2. The van der Waals surface area contributed by atoms with Gasteiger partial charge >= 0.3 is 0 Å². The molecule has 3 rings (SSSR count). The molecule has 0 saturated carbocycles. The Morgan fingerprint density at radius 2 is 2.00 bits per heavy atom. The number of rotatable bonds is 0. The smallest absolute Gasteiger partial charge is 0.143 e. The van der Waals surface area contributed by atoms with Crippen molar-refractivity contribution < 1.29 is 8.78 Å². The van der Waals surface area contributed by atoms with Crippen LogP contribution in [0.25, 0.3) is 16.6 Å². The number of nitrogens with zero attached hydrogens (tertiary/aromatic N) is 2. The van der Waals surface area contributed by atoms with Crippen molar-refractivity contribution in [3.05, 3.63) is 53.7 Å². The molecule has 0 unspecified atom stereocenters. The molecule has 5 heteroatoms. The second-order valence-corrected chi connectivity index (χ2v) is 3.67. The SMILES string of the molecule is N=c1c2c(F)cc(F)cc2nc2ccccn12. The molecule has 1 aromatic carbocycles. The molecule has 2 aromatic heterocycles. The molecule has 17 heavy (non-hydrogen) atoms. The third-order valence-corrected chi connectivity index (χ3v) is 2.59. The second kappa shape index (κ2) is 3.35. The Morgan fingerprint density at radius 3 is 2.82 bits per heavy atom. The Kier molecular flexibility index (Phi) is 1.95. The van der Waals surface area contributed by atoms with Crippen molar-refractivity contribution in [2.24, 2.45) is 0 Å². The van der Waals surface area contributed by atoms with Crippen molar-refractivity contribution in [2.75, 3.05) is 0 Å². The monoisotopic (exact) mass is 231 g/mol. The van der Waals surface area contributed by atoms with Crippen LogP contribution in [-0.2, 0) is 0 Å². The van der Waals surface area contributed by atoms with E-state index in [4.69, 9.17) is 5.41 Å². The van der Waals surface area contributed by atoms with Crippen LogP contribution in [0.1, 0.15) is 0 Å². The first-order valence-corrected chi connectivity index (χ1v) is 4.97. The van der Waals surface area contributed by atoms with E-state index < -0.39 is 11.6 Å². The number of halogens is 2. The van der Waals surface area contributed by atoms with Gasteiger partial charge in [0.05, 0.1) is 10.9 Å². The summed E-state index contributed by atoms with van der Waals surface area (Å²) >= 11 is 0.